The van der Waals surface area contributed by atoms with Crippen molar-refractivity contribution in [3.63, 3.8) is 0 Å². The van der Waals surface area contributed by atoms with Crippen molar-refractivity contribution >= 4 is 10.1 Å². The van der Waals surface area contributed by atoms with Gasteiger partial charge in [-0.2, -0.15) is 8.42 Å². The molecule has 2 aromatic rings. The molecule has 1 saturated heterocycles. The normalized spacial score (nSPS) is 18.1. The van der Waals surface area contributed by atoms with E-state index in [0.717, 1.165) is 22.9 Å². The van der Waals surface area contributed by atoms with E-state index in [0.29, 0.717) is 44.2 Å². The summed E-state index contributed by atoms with van der Waals surface area (Å²) in [5.41, 5.74) is 2.99. The minimum absolute atomic E-state index is 0.124. The van der Waals surface area contributed by atoms with Gasteiger partial charge in [0.1, 0.15) is 18.5 Å². The summed E-state index contributed by atoms with van der Waals surface area (Å²) in [4.78, 5) is 12.8. The second kappa shape index (κ2) is 8.52. The molecule has 2 aliphatic rings. The molecule has 2 aliphatic heterocycles. The van der Waals surface area contributed by atoms with E-state index < -0.39 is 10.1 Å². The van der Waals surface area contributed by atoms with Gasteiger partial charge in [-0.3, -0.25) is 4.79 Å². The number of rotatable bonds is 6. The molecule has 3 heterocycles. The molecule has 0 spiro atoms. The van der Waals surface area contributed by atoms with Crippen LogP contribution in [0.1, 0.15) is 11.1 Å². The lowest BCUT2D eigenvalue weighted by Crippen LogP contribution is -2.34. The van der Waals surface area contributed by atoms with Gasteiger partial charge in [0.2, 0.25) is 0 Å². The number of ether oxygens (including phenoxy) is 4. The van der Waals surface area contributed by atoms with Gasteiger partial charge in [-0.05, 0) is 31.0 Å². The molecule has 168 valence electrons. The Morgan fingerprint density at radius 1 is 1.16 bits per heavy atom. The van der Waals surface area contributed by atoms with Crippen LogP contribution in [0.3, 0.4) is 0 Å². The van der Waals surface area contributed by atoms with E-state index >= 15 is 0 Å². The molecular formula is C21H25NO8S. The summed E-state index contributed by atoms with van der Waals surface area (Å²) in [5, 5.41) is 0. The highest BCUT2D eigenvalue weighted by molar-refractivity contribution is 7.86. The number of benzene rings is 1. The zero-order valence-electron chi connectivity index (χ0n) is 17.7. The Labute approximate surface area is 180 Å². The number of nitrogens with zero attached hydrogens (tertiary/aromatic N) is 1. The van der Waals surface area contributed by atoms with Crippen LogP contribution in [0.4, 0.5) is 0 Å². The fourth-order valence-electron chi connectivity index (χ4n) is 3.91. The number of fused-ring (bicyclic) bond motifs is 3. The number of methoxy groups -OCH3 is 1. The molecule has 9 nitrogen and oxygen atoms in total. The summed E-state index contributed by atoms with van der Waals surface area (Å²) in [7, 11) is -2.28. The molecule has 0 bridgehead atoms. The lowest BCUT2D eigenvalue weighted by molar-refractivity contribution is -0.101. The van der Waals surface area contributed by atoms with Gasteiger partial charge in [-0.1, -0.05) is 0 Å². The van der Waals surface area contributed by atoms with Gasteiger partial charge in [0.15, 0.2) is 11.5 Å². The van der Waals surface area contributed by atoms with Crippen LogP contribution in [0.2, 0.25) is 0 Å². The third-order valence-corrected chi connectivity index (χ3v) is 5.80. The molecule has 1 aromatic carbocycles. The molecular weight excluding hydrogens is 426 g/mol. The van der Waals surface area contributed by atoms with E-state index in [2.05, 4.69) is 0 Å². The standard InChI is InChI=1S/C21H25NO8S/c1-13-17(29-12-15-11-27-6-7-28-15)10-20(23)22-5-4-14-8-19(30-31(3,24)25)18(26-2)9-16(14)21(13)22/h8-10,15H,4-7,11-12H2,1-3H3/t15-/m0/s1. The summed E-state index contributed by atoms with van der Waals surface area (Å²) in [6.45, 7) is 4.17. The van der Waals surface area contributed by atoms with Crippen LogP contribution >= 0.6 is 0 Å². The lowest BCUT2D eigenvalue weighted by Gasteiger charge is -2.27. The summed E-state index contributed by atoms with van der Waals surface area (Å²) < 4.78 is 52.3. The molecule has 1 fully saturated rings. The summed E-state index contributed by atoms with van der Waals surface area (Å²) in [6, 6.07) is 4.85. The van der Waals surface area contributed by atoms with Crippen LogP contribution in [0.25, 0.3) is 11.3 Å². The van der Waals surface area contributed by atoms with Crippen LogP contribution in [0.5, 0.6) is 17.2 Å². The lowest BCUT2D eigenvalue weighted by atomic mass is 9.94. The van der Waals surface area contributed by atoms with Crippen LogP contribution in [0, 0.1) is 6.92 Å². The van der Waals surface area contributed by atoms with Crippen molar-refractivity contribution in [1.82, 2.24) is 4.57 Å². The van der Waals surface area contributed by atoms with Gasteiger partial charge < -0.3 is 27.7 Å². The number of hydrogen-bond acceptors (Lipinski definition) is 8. The average molecular weight is 451 g/mol. The van der Waals surface area contributed by atoms with Gasteiger partial charge in [-0.25, -0.2) is 0 Å². The second-order valence-electron chi connectivity index (χ2n) is 7.55. The van der Waals surface area contributed by atoms with Gasteiger partial charge >= 0.3 is 10.1 Å². The van der Waals surface area contributed by atoms with Crippen LogP contribution in [0.15, 0.2) is 23.0 Å². The predicted molar refractivity (Wildman–Crippen MR) is 113 cm³/mol. The highest BCUT2D eigenvalue weighted by atomic mass is 32.2. The Morgan fingerprint density at radius 2 is 1.97 bits per heavy atom. The largest absolute Gasteiger partial charge is 0.493 e. The Morgan fingerprint density at radius 3 is 2.65 bits per heavy atom. The van der Waals surface area contributed by atoms with Crippen molar-refractivity contribution in [3.8, 4) is 28.5 Å². The molecule has 1 atom stereocenters. The zero-order valence-corrected chi connectivity index (χ0v) is 18.5. The highest BCUT2D eigenvalue weighted by Gasteiger charge is 2.25. The Balaban J connectivity index is 1.74. The smallest absolute Gasteiger partial charge is 0.306 e. The molecule has 31 heavy (non-hydrogen) atoms. The van der Waals surface area contributed by atoms with Gasteiger partial charge in [0, 0.05) is 23.7 Å². The first kappa shape index (κ1) is 21.7. The van der Waals surface area contributed by atoms with Crippen molar-refractivity contribution in [3.05, 3.63) is 39.7 Å². The number of hydrogen-bond donors (Lipinski definition) is 0. The maximum Gasteiger partial charge on any atom is 0.306 e. The maximum absolute atomic E-state index is 12.8. The summed E-state index contributed by atoms with van der Waals surface area (Å²) >= 11 is 0. The van der Waals surface area contributed by atoms with Crippen molar-refractivity contribution in [2.45, 2.75) is 26.0 Å². The second-order valence-corrected chi connectivity index (χ2v) is 9.12. The average Bonchev–Trinajstić information content (AvgIpc) is 2.73. The van der Waals surface area contributed by atoms with E-state index in [1.165, 1.54) is 13.2 Å². The van der Waals surface area contributed by atoms with E-state index in [1.807, 2.05) is 6.92 Å². The first-order valence-electron chi connectivity index (χ1n) is 9.94. The summed E-state index contributed by atoms with van der Waals surface area (Å²) in [5.74, 6) is 0.872. The van der Waals surface area contributed by atoms with Crippen molar-refractivity contribution < 1.29 is 31.5 Å². The third kappa shape index (κ3) is 4.56. The SMILES string of the molecule is COc1cc2c(cc1OS(C)(=O)=O)CCn1c-2c(C)c(OC[C@@H]2COCCO2)cc1=O. The maximum atomic E-state index is 12.8. The van der Waals surface area contributed by atoms with Crippen molar-refractivity contribution in [2.75, 3.05) is 39.8 Å². The van der Waals surface area contributed by atoms with Gasteiger partial charge in [0.25, 0.3) is 5.56 Å². The Hall–Kier alpha value is -2.56. The molecule has 0 unspecified atom stereocenters. The van der Waals surface area contributed by atoms with E-state index in [-0.39, 0.29) is 29.8 Å². The third-order valence-electron chi connectivity index (χ3n) is 5.32. The first-order chi connectivity index (χ1) is 14.8. The van der Waals surface area contributed by atoms with Gasteiger partial charge in [0.05, 0.1) is 38.9 Å². The minimum atomic E-state index is -3.71. The summed E-state index contributed by atoms with van der Waals surface area (Å²) in [6.07, 6.45) is 1.35. The quantitative estimate of drug-likeness (QED) is 0.610. The zero-order chi connectivity index (χ0) is 22.2. The number of aromatic nitrogens is 1. The van der Waals surface area contributed by atoms with Crippen molar-refractivity contribution in [1.29, 1.82) is 0 Å². The van der Waals surface area contributed by atoms with E-state index in [1.54, 1.807) is 16.7 Å². The molecule has 4 rings (SSSR count). The first-order valence-corrected chi connectivity index (χ1v) is 11.8. The van der Waals surface area contributed by atoms with Crippen LogP contribution in [-0.4, -0.2) is 58.9 Å². The number of aryl methyl sites for hydroxylation is 1. The molecule has 1 aromatic heterocycles. The fourth-order valence-corrected chi connectivity index (χ4v) is 4.37. The molecule has 0 saturated carbocycles. The van der Waals surface area contributed by atoms with E-state index in [9.17, 15) is 13.2 Å². The van der Waals surface area contributed by atoms with Crippen LogP contribution in [-0.2, 0) is 32.6 Å². The molecule has 0 N–H and O–H groups in total. The minimum Gasteiger partial charge on any atom is -0.493 e. The van der Waals surface area contributed by atoms with Gasteiger partial charge in [-0.15, -0.1) is 0 Å². The number of pyridine rings is 1. The molecule has 0 radical (unpaired) electrons. The van der Waals surface area contributed by atoms with E-state index in [4.69, 9.17) is 23.1 Å². The Bertz CT molecular complexity index is 1150. The Kier molecular flexibility index (Phi) is 5.96. The fraction of sp³-hybridized carbons (Fsp3) is 0.476. The monoisotopic (exact) mass is 451 g/mol. The predicted octanol–water partition coefficient (Wildman–Crippen LogP) is 1.52. The highest BCUT2D eigenvalue weighted by Crippen LogP contribution is 2.41. The molecule has 10 heteroatoms. The van der Waals surface area contributed by atoms with Crippen molar-refractivity contribution in [2.24, 2.45) is 0 Å². The topological polar surface area (TPSA) is 102 Å². The molecule has 0 aliphatic carbocycles. The van der Waals surface area contributed by atoms with Crippen LogP contribution < -0.4 is 19.2 Å². The molecule has 0 amide bonds.